The van der Waals surface area contributed by atoms with E-state index in [4.69, 9.17) is 10.5 Å². The first-order valence-corrected chi connectivity index (χ1v) is 8.20. The zero-order chi connectivity index (χ0) is 15.6. The quantitative estimate of drug-likeness (QED) is 0.663. The van der Waals surface area contributed by atoms with Crippen LogP contribution in [0.25, 0.3) is 0 Å². The summed E-state index contributed by atoms with van der Waals surface area (Å²) in [5.41, 5.74) is 6.88. The molecule has 0 saturated carbocycles. The van der Waals surface area contributed by atoms with E-state index in [2.05, 4.69) is 4.72 Å². The van der Waals surface area contributed by atoms with Crippen LogP contribution in [-0.2, 0) is 14.8 Å². The first kappa shape index (κ1) is 16.0. The lowest BCUT2D eigenvalue weighted by molar-refractivity contribution is -0.0421. The lowest BCUT2D eigenvalue weighted by atomic mass is 10.2. The molecule has 2 rings (SSSR count). The molecule has 7 nitrogen and oxygen atoms in total. The number of aliphatic hydroxyl groups is 1. The number of aliphatic hydroxyl groups excluding tert-OH is 1. The average molecular weight is 315 g/mol. The molecule has 1 aromatic carbocycles. The van der Waals surface area contributed by atoms with Crippen molar-refractivity contribution in [2.45, 2.75) is 24.0 Å². The van der Waals surface area contributed by atoms with Crippen LogP contribution < -0.4 is 15.4 Å². The van der Waals surface area contributed by atoms with Crippen LogP contribution in [-0.4, -0.2) is 52.5 Å². The molecule has 2 atom stereocenters. The third-order valence-corrected chi connectivity index (χ3v) is 4.93. The summed E-state index contributed by atoms with van der Waals surface area (Å²) in [6.07, 6.45) is -0.270. The highest BCUT2D eigenvalue weighted by atomic mass is 32.2. The molecule has 118 valence electrons. The zero-order valence-corrected chi connectivity index (χ0v) is 12.9. The number of benzene rings is 1. The average Bonchev–Trinajstić information content (AvgIpc) is 2.46. The number of morpholine rings is 1. The third kappa shape index (κ3) is 3.46. The van der Waals surface area contributed by atoms with Gasteiger partial charge in [0.1, 0.15) is 4.90 Å². The van der Waals surface area contributed by atoms with Crippen molar-refractivity contribution in [3.8, 4) is 0 Å². The molecule has 4 N–H and O–H groups in total. The fourth-order valence-corrected chi connectivity index (χ4v) is 3.28. The maximum Gasteiger partial charge on any atom is 0.242 e. The van der Waals surface area contributed by atoms with E-state index in [1.165, 1.54) is 13.1 Å². The Kier molecular flexibility index (Phi) is 4.72. The molecule has 1 fully saturated rings. The Morgan fingerprint density at radius 3 is 2.76 bits per heavy atom. The van der Waals surface area contributed by atoms with Crippen molar-refractivity contribution >= 4 is 21.4 Å². The number of nitrogen functional groups attached to an aromatic ring is 1. The van der Waals surface area contributed by atoms with Gasteiger partial charge in [-0.05, 0) is 32.2 Å². The van der Waals surface area contributed by atoms with Gasteiger partial charge in [-0.3, -0.25) is 0 Å². The number of ether oxygens (including phenoxy) is 1. The first-order valence-electron chi connectivity index (χ1n) is 6.71. The lowest BCUT2D eigenvalue weighted by Crippen LogP contribution is -2.48. The second kappa shape index (κ2) is 6.18. The molecule has 0 radical (unpaired) electrons. The summed E-state index contributed by atoms with van der Waals surface area (Å²) >= 11 is 0. The van der Waals surface area contributed by atoms with Crippen molar-refractivity contribution in [2.24, 2.45) is 0 Å². The summed E-state index contributed by atoms with van der Waals surface area (Å²) in [4.78, 5) is 2.09. The van der Waals surface area contributed by atoms with Crippen molar-refractivity contribution in [1.82, 2.24) is 4.72 Å². The van der Waals surface area contributed by atoms with Crippen molar-refractivity contribution < 1.29 is 18.3 Å². The summed E-state index contributed by atoms with van der Waals surface area (Å²) in [5.74, 6) is 0. The molecular weight excluding hydrogens is 294 g/mol. The third-order valence-electron chi connectivity index (χ3n) is 3.45. The molecule has 2 unspecified atom stereocenters. The summed E-state index contributed by atoms with van der Waals surface area (Å²) in [7, 11) is -2.22. The van der Waals surface area contributed by atoms with E-state index < -0.39 is 10.0 Å². The van der Waals surface area contributed by atoms with Crippen molar-refractivity contribution in [3.63, 3.8) is 0 Å². The minimum atomic E-state index is -3.56. The van der Waals surface area contributed by atoms with Gasteiger partial charge in [0.15, 0.2) is 0 Å². The summed E-state index contributed by atoms with van der Waals surface area (Å²) in [5, 5.41) is 9.25. The Labute approximate surface area is 124 Å². The highest BCUT2D eigenvalue weighted by molar-refractivity contribution is 7.89. The second-order valence-electron chi connectivity index (χ2n) is 5.09. The molecule has 8 heteroatoms. The SMILES string of the molecule is CNS(=O)(=O)c1ccc(N2CC(C)OC(CO)C2)cc1N. The number of hydrogen-bond donors (Lipinski definition) is 3. The van der Waals surface area contributed by atoms with Crippen LogP contribution >= 0.6 is 0 Å². The van der Waals surface area contributed by atoms with E-state index in [9.17, 15) is 13.5 Å². The van der Waals surface area contributed by atoms with Gasteiger partial charge in [0.05, 0.1) is 24.5 Å². The maximum atomic E-state index is 11.8. The van der Waals surface area contributed by atoms with Crippen molar-refractivity contribution in [1.29, 1.82) is 0 Å². The van der Waals surface area contributed by atoms with Crippen LogP contribution in [0.3, 0.4) is 0 Å². The Morgan fingerprint density at radius 1 is 1.48 bits per heavy atom. The van der Waals surface area contributed by atoms with Crippen LogP contribution in [0.1, 0.15) is 6.92 Å². The van der Waals surface area contributed by atoms with Gasteiger partial charge in [-0.15, -0.1) is 0 Å². The molecule has 21 heavy (non-hydrogen) atoms. The molecule has 1 saturated heterocycles. The highest BCUT2D eigenvalue weighted by Crippen LogP contribution is 2.27. The maximum absolute atomic E-state index is 11.8. The largest absolute Gasteiger partial charge is 0.398 e. The topological polar surface area (TPSA) is 105 Å². The predicted molar refractivity (Wildman–Crippen MR) is 80.7 cm³/mol. The van der Waals surface area contributed by atoms with Gasteiger partial charge in [-0.1, -0.05) is 0 Å². The van der Waals surface area contributed by atoms with Gasteiger partial charge >= 0.3 is 0 Å². The highest BCUT2D eigenvalue weighted by Gasteiger charge is 2.25. The number of rotatable bonds is 4. The number of sulfonamides is 1. The van der Waals surface area contributed by atoms with Crippen molar-refractivity contribution in [2.75, 3.05) is 37.4 Å². The number of hydrogen-bond acceptors (Lipinski definition) is 6. The van der Waals surface area contributed by atoms with Gasteiger partial charge in [0.2, 0.25) is 10.0 Å². The van der Waals surface area contributed by atoms with E-state index in [1.807, 2.05) is 11.8 Å². The first-order chi connectivity index (χ1) is 9.87. The Morgan fingerprint density at radius 2 is 2.19 bits per heavy atom. The molecule has 0 aromatic heterocycles. The summed E-state index contributed by atoms with van der Waals surface area (Å²) in [6, 6.07) is 4.84. The van der Waals surface area contributed by atoms with Gasteiger partial charge in [0.25, 0.3) is 0 Å². The Balaban J connectivity index is 2.28. The molecule has 0 bridgehead atoms. The minimum Gasteiger partial charge on any atom is -0.398 e. The number of nitrogens with zero attached hydrogens (tertiary/aromatic N) is 1. The van der Waals surface area contributed by atoms with E-state index in [1.54, 1.807) is 12.1 Å². The molecular formula is C13H21N3O4S. The van der Waals surface area contributed by atoms with E-state index in [0.29, 0.717) is 13.1 Å². The Hall–Kier alpha value is -1.35. The minimum absolute atomic E-state index is 0.0159. The summed E-state index contributed by atoms with van der Waals surface area (Å²) < 4.78 is 31.4. The standard InChI is InChI=1S/C13H21N3O4S/c1-9-6-16(7-11(8-17)20-9)10-3-4-13(12(14)5-10)21(18,19)15-2/h3-5,9,11,15,17H,6-8,14H2,1-2H3. The van der Waals surface area contributed by atoms with Gasteiger partial charge < -0.3 is 20.5 Å². The van der Waals surface area contributed by atoms with Gasteiger partial charge in [-0.25, -0.2) is 13.1 Å². The molecule has 1 aliphatic rings. The molecule has 0 spiro atoms. The molecule has 0 aliphatic carbocycles. The normalized spacial score (nSPS) is 23.3. The van der Waals surface area contributed by atoms with Gasteiger partial charge in [0, 0.05) is 18.8 Å². The smallest absolute Gasteiger partial charge is 0.242 e. The molecule has 0 amide bonds. The van der Waals surface area contributed by atoms with Crippen LogP contribution in [0, 0.1) is 0 Å². The Bertz CT molecular complexity index is 605. The predicted octanol–water partition coefficient (Wildman–Crippen LogP) is -0.237. The molecule has 1 heterocycles. The monoisotopic (exact) mass is 315 g/mol. The number of nitrogens with two attached hydrogens (primary N) is 1. The lowest BCUT2D eigenvalue weighted by Gasteiger charge is -2.37. The van der Waals surface area contributed by atoms with E-state index in [-0.39, 0.29) is 29.4 Å². The van der Waals surface area contributed by atoms with Gasteiger partial charge in [-0.2, -0.15) is 0 Å². The van der Waals surface area contributed by atoms with Crippen molar-refractivity contribution in [3.05, 3.63) is 18.2 Å². The fraction of sp³-hybridized carbons (Fsp3) is 0.538. The molecule has 1 aromatic rings. The molecule has 1 aliphatic heterocycles. The van der Waals surface area contributed by atoms with E-state index in [0.717, 1.165) is 5.69 Å². The second-order valence-corrected chi connectivity index (χ2v) is 6.94. The van der Waals surface area contributed by atoms with Crippen LogP contribution in [0.4, 0.5) is 11.4 Å². The van der Waals surface area contributed by atoms with E-state index >= 15 is 0 Å². The number of anilines is 2. The summed E-state index contributed by atoms with van der Waals surface area (Å²) in [6.45, 7) is 3.08. The van der Waals surface area contributed by atoms with Crippen LogP contribution in [0.5, 0.6) is 0 Å². The number of nitrogens with one attached hydrogen (secondary N) is 1. The van der Waals surface area contributed by atoms with Crippen LogP contribution in [0.15, 0.2) is 23.1 Å². The zero-order valence-electron chi connectivity index (χ0n) is 12.1. The van der Waals surface area contributed by atoms with Crippen LogP contribution in [0.2, 0.25) is 0 Å². The fourth-order valence-electron chi connectivity index (χ4n) is 2.44.